The molecule has 1 N–H and O–H groups in total. The van der Waals surface area contributed by atoms with Gasteiger partial charge in [-0.2, -0.15) is 4.37 Å². The van der Waals surface area contributed by atoms with E-state index >= 15 is 0 Å². The van der Waals surface area contributed by atoms with Crippen LogP contribution < -0.4 is 0 Å². The second-order valence-corrected chi connectivity index (χ2v) is 2.86. The Bertz CT molecular complexity index is 259. The molecule has 0 aromatic carbocycles. The van der Waals surface area contributed by atoms with Crippen LogP contribution in [0.15, 0.2) is 0 Å². The van der Waals surface area contributed by atoms with E-state index in [0.717, 1.165) is 23.8 Å². The number of carboxylic acids is 1. The van der Waals surface area contributed by atoms with Crippen LogP contribution in [0.5, 0.6) is 0 Å². The van der Waals surface area contributed by atoms with Crippen molar-refractivity contribution in [2.45, 2.75) is 19.8 Å². The van der Waals surface area contributed by atoms with Crippen LogP contribution in [0.25, 0.3) is 0 Å². The number of aryl methyl sites for hydroxylation is 1. The fourth-order valence-electron chi connectivity index (χ4n) is 0.635. The van der Waals surface area contributed by atoms with Crippen molar-refractivity contribution < 1.29 is 9.90 Å². The molecule has 4 nitrogen and oxygen atoms in total. The third kappa shape index (κ3) is 2.27. The first kappa shape index (κ1) is 8.13. The topological polar surface area (TPSA) is 63.1 Å². The molecular weight excluding hydrogens is 164 g/mol. The quantitative estimate of drug-likeness (QED) is 0.730. The molecule has 0 saturated heterocycles. The highest BCUT2D eigenvalue weighted by atomic mass is 32.1. The Kier molecular flexibility index (Phi) is 2.53. The molecule has 0 aliphatic carbocycles. The molecule has 0 unspecified atom stereocenters. The average Bonchev–Trinajstić information content (AvgIpc) is 2.34. The summed E-state index contributed by atoms with van der Waals surface area (Å²) in [5, 5.41) is 8.97. The number of nitrogens with zero attached hydrogens (tertiary/aromatic N) is 2. The number of aliphatic carboxylic acids is 1. The molecule has 0 radical (unpaired) electrons. The zero-order valence-electron chi connectivity index (χ0n) is 6.07. The fraction of sp³-hybridized carbons (Fsp3) is 0.500. The molecule has 1 aromatic rings. The highest BCUT2D eigenvalue weighted by molar-refractivity contribution is 7.05. The van der Waals surface area contributed by atoms with Crippen LogP contribution in [-0.4, -0.2) is 20.4 Å². The zero-order valence-corrected chi connectivity index (χ0v) is 6.89. The first-order valence-electron chi connectivity index (χ1n) is 3.25. The van der Waals surface area contributed by atoms with Gasteiger partial charge in [0.15, 0.2) is 0 Å². The fourth-order valence-corrected chi connectivity index (χ4v) is 1.35. The summed E-state index contributed by atoms with van der Waals surface area (Å²) in [5.41, 5.74) is 0. The van der Waals surface area contributed by atoms with E-state index in [4.69, 9.17) is 5.11 Å². The second kappa shape index (κ2) is 3.43. The van der Waals surface area contributed by atoms with Crippen molar-refractivity contribution in [3.63, 3.8) is 0 Å². The van der Waals surface area contributed by atoms with Crippen molar-refractivity contribution in [3.05, 3.63) is 10.8 Å². The number of rotatable bonds is 3. The number of hydrogen-bond acceptors (Lipinski definition) is 4. The van der Waals surface area contributed by atoms with Crippen molar-refractivity contribution in [1.82, 2.24) is 9.36 Å². The lowest BCUT2D eigenvalue weighted by molar-refractivity contribution is -0.136. The molecule has 0 atom stereocenters. The maximum absolute atomic E-state index is 10.2. The normalized spacial score (nSPS) is 9.91. The van der Waals surface area contributed by atoms with Gasteiger partial charge in [0.25, 0.3) is 0 Å². The van der Waals surface area contributed by atoms with Crippen LogP contribution in [0.4, 0.5) is 0 Å². The van der Waals surface area contributed by atoms with Gasteiger partial charge in [-0.25, -0.2) is 4.98 Å². The van der Waals surface area contributed by atoms with Gasteiger partial charge in [-0.05, 0) is 11.5 Å². The first-order chi connectivity index (χ1) is 5.22. The average molecular weight is 172 g/mol. The van der Waals surface area contributed by atoms with Crippen LogP contribution in [0, 0.1) is 0 Å². The van der Waals surface area contributed by atoms with Gasteiger partial charge in [0.1, 0.15) is 10.8 Å². The minimum absolute atomic E-state index is 0.0162. The maximum Gasteiger partial charge on any atom is 0.310 e. The maximum atomic E-state index is 10.2. The van der Waals surface area contributed by atoms with Gasteiger partial charge in [0, 0.05) is 6.42 Å². The largest absolute Gasteiger partial charge is 0.481 e. The summed E-state index contributed by atoms with van der Waals surface area (Å²) in [7, 11) is 0. The molecule has 60 valence electrons. The predicted octanol–water partition coefficient (Wildman–Crippen LogP) is 0.728. The minimum Gasteiger partial charge on any atom is -0.481 e. The molecule has 11 heavy (non-hydrogen) atoms. The summed E-state index contributed by atoms with van der Waals surface area (Å²) in [5.74, 6) is -0.130. The Balaban J connectivity index is 2.65. The van der Waals surface area contributed by atoms with E-state index in [9.17, 15) is 4.79 Å². The van der Waals surface area contributed by atoms with E-state index in [1.807, 2.05) is 6.92 Å². The van der Waals surface area contributed by atoms with E-state index in [2.05, 4.69) is 9.36 Å². The van der Waals surface area contributed by atoms with Crippen LogP contribution in [0.1, 0.15) is 17.8 Å². The van der Waals surface area contributed by atoms with E-state index in [1.54, 1.807) is 0 Å². The molecule has 0 amide bonds. The summed E-state index contributed by atoms with van der Waals surface area (Å²) in [4.78, 5) is 14.2. The van der Waals surface area contributed by atoms with Crippen molar-refractivity contribution in [2.24, 2.45) is 0 Å². The summed E-state index contributed by atoms with van der Waals surface area (Å²) in [6.07, 6.45) is 0.744. The van der Waals surface area contributed by atoms with E-state index in [0.29, 0.717) is 5.01 Å². The molecule has 0 spiro atoms. The molecule has 0 fully saturated rings. The molecule has 0 aliphatic heterocycles. The van der Waals surface area contributed by atoms with Crippen molar-refractivity contribution in [1.29, 1.82) is 0 Å². The monoisotopic (exact) mass is 172 g/mol. The number of hydrogen-bond donors (Lipinski definition) is 1. The molecule has 1 heterocycles. The Labute approximate surface area is 68.1 Å². The highest BCUT2D eigenvalue weighted by Gasteiger charge is 2.05. The molecule has 0 bridgehead atoms. The number of carboxylic acid groups (broad SMARTS) is 1. The van der Waals surface area contributed by atoms with Crippen LogP contribution in [-0.2, 0) is 17.6 Å². The van der Waals surface area contributed by atoms with Gasteiger partial charge in [0.2, 0.25) is 0 Å². The molecule has 1 aromatic heterocycles. The lowest BCUT2D eigenvalue weighted by Gasteiger charge is -1.84. The van der Waals surface area contributed by atoms with E-state index in [1.165, 1.54) is 0 Å². The number of carbonyl (C=O) groups is 1. The smallest absolute Gasteiger partial charge is 0.310 e. The summed E-state index contributed by atoms with van der Waals surface area (Å²) in [6.45, 7) is 1.94. The Hall–Kier alpha value is -0.970. The Morgan fingerprint density at radius 3 is 2.91 bits per heavy atom. The molecule has 5 heteroatoms. The molecular formula is C6H8N2O2S. The van der Waals surface area contributed by atoms with E-state index in [-0.39, 0.29) is 6.42 Å². The van der Waals surface area contributed by atoms with Crippen molar-refractivity contribution in [2.75, 3.05) is 0 Å². The first-order valence-corrected chi connectivity index (χ1v) is 4.03. The van der Waals surface area contributed by atoms with Crippen LogP contribution >= 0.6 is 11.5 Å². The lowest BCUT2D eigenvalue weighted by Crippen LogP contribution is -1.99. The van der Waals surface area contributed by atoms with Gasteiger partial charge in [-0.1, -0.05) is 6.92 Å². The summed E-state index contributed by atoms with van der Waals surface area (Å²) < 4.78 is 3.95. The predicted molar refractivity (Wildman–Crippen MR) is 40.6 cm³/mol. The van der Waals surface area contributed by atoms with Crippen LogP contribution in [0.3, 0.4) is 0 Å². The SMILES string of the molecule is CCc1nsc(CC(=O)O)n1. The van der Waals surface area contributed by atoms with Crippen LogP contribution in [0.2, 0.25) is 0 Å². The minimum atomic E-state index is -0.858. The number of aromatic nitrogens is 2. The zero-order chi connectivity index (χ0) is 8.27. The van der Waals surface area contributed by atoms with Crippen molar-refractivity contribution >= 4 is 17.5 Å². The van der Waals surface area contributed by atoms with Gasteiger partial charge >= 0.3 is 5.97 Å². The van der Waals surface area contributed by atoms with Gasteiger partial charge in [-0.15, -0.1) is 0 Å². The summed E-state index contributed by atoms with van der Waals surface area (Å²) in [6, 6.07) is 0. The van der Waals surface area contributed by atoms with Gasteiger partial charge < -0.3 is 5.11 Å². The lowest BCUT2D eigenvalue weighted by atomic mass is 10.4. The molecule has 0 saturated carbocycles. The van der Waals surface area contributed by atoms with Gasteiger partial charge in [0.05, 0.1) is 6.42 Å². The molecule has 0 aliphatic rings. The second-order valence-electron chi connectivity index (χ2n) is 2.03. The van der Waals surface area contributed by atoms with Gasteiger partial charge in [-0.3, -0.25) is 4.79 Å². The standard InChI is InChI=1S/C6H8N2O2S/c1-2-4-7-5(11-8-4)3-6(9)10/h2-3H2,1H3,(H,9,10). The molecule has 1 rings (SSSR count). The Morgan fingerprint density at radius 1 is 1.73 bits per heavy atom. The summed E-state index contributed by atoms with van der Waals surface area (Å²) >= 11 is 1.16. The highest BCUT2D eigenvalue weighted by Crippen LogP contribution is 2.05. The van der Waals surface area contributed by atoms with E-state index < -0.39 is 5.97 Å². The van der Waals surface area contributed by atoms with Crippen molar-refractivity contribution in [3.8, 4) is 0 Å². The Morgan fingerprint density at radius 2 is 2.45 bits per heavy atom. The third-order valence-electron chi connectivity index (χ3n) is 1.13. The third-order valence-corrected chi connectivity index (χ3v) is 1.88.